The highest BCUT2D eigenvalue weighted by Gasteiger charge is 2.31. The van der Waals surface area contributed by atoms with E-state index >= 15 is 0 Å². The van der Waals surface area contributed by atoms with Crippen LogP contribution in [0.3, 0.4) is 0 Å². The lowest BCUT2D eigenvalue weighted by Crippen LogP contribution is -2.30. The molecule has 2 nitrogen and oxygen atoms in total. The van der Waals surface area contributed by atoms with Crippen molar-refractivity contribution in [2.75, 3.05) is 11.4 Å². The molecule has 0 aromatic heterocycles. The molecule has 0 saturated carbocycles. The number of benzene rings is 2. The third-order valence-corrected chi connectivity index (χ3v) is 3.74. The van der Waals surface area contributed by atoms with Gasteiger partial charge in [-0.15, -0.1) is 0 Å². The number of anilines is 1. The fraction of sp³-hybridized carbons (Fsp3) is 0.250. The lowest BCUT2D eigenvalue weighted by Gasteiger charge is -2.31. The van der Waals surface area contributed by atoms with E-state index in [-0.39, 0.29) is 5.75 Å². The number of rotatable bonds is 1. The SMILES string of the molecule is Oc1ccc2c(c1)CCN(c1cccc(C(F)(F)F)c1)C2. The maximum absolute atomic E-state index is 12.8. The summed E-state index contributed by atoms with van der Waals surface area (Å²) in [4.78, 5) is 1.93. The Hall–Kier alpha value is -2.17. The quantitative estimate of drug-likeness (QED) is 0.860. The molecule has 0 radical (unpaired) electrons. The number of aromatic hydroxyl groups is 1. The lowest BCUT2D eigenvalue weighted by atomic mass is 9.99. The number of halogens is 3. The van der Waals surface area contributed by atoms with Gasteiger partial charge in [0.05, 0.1) is 5.56 Å². The van der Waals surface area contributed by atoms with E-state index in [9.17, 15) is 18.3 Å². The van der Waals surface area contributed by atoms with E-state index < -0.39 is 11.7 Å². The molecular weight excluding hydrogens is 279 g/mol. The fourth-order valence-electron chi connectivity index (χ4n) is 2.64. The van der Waals surface area contributed by atoms with E-state index in [1.54, 1.807) is 18.2 Å². The topological polar surface area (TPSA) is 23.5 Å². The first-order valence-corrected chi connectivity index (χ1v) is 6.66. The zero-order chi connectivity index (χ0) is 15.0. The number of nitrogens with zero attached hydrogens (tertiary/aromatic N) is 1. The van der Waals surface area contributed by atoms with E-state index in [2.05, 4.69) is 0 Å². The highest BCUT2D eigenvalue weighted by Crippen LogP contribution is 2.33. The summed E-state index contributed by atoms with van der Waals surface area (Å²) in [5, 5.41) is 9.46. The largest absolute Gasteiger partial charge is 0.508 e. The Kier molecular flexibility index (Phi) is 3.27. The molecule has 1 heterocycles. The van der Waals surface area contributed by atoms with E-state index in [1.165, 1.54) is 12.1 Å². The zero-order valence-corrected chi connectivity index (χ0v) is 11.2. The number of fused-ring (bicyclic) bond motifs is 1. The summed E-state index contributed by atoms with van der Waals surface area (Å²) >= 11 is 0. The van der Waals surface area contributed by atoms with Crippen LogP contribution in [0.4, 0.5) is 18.9 Å². The normalized spacial score (nSPS) is 14.9. The molecule has 1 aliphatic heterocycles. The van der Waals surface area contributed by atoms with Gasteiger partial charge in [0, 0.05) is 18.8 Å². The minimum Gasteiger partial charge on any atom is -0.508 e. The van der Waals surface area contributed by atoms with Crippen LogP contribution in [0, 0.1) is 0 Å². The Labute approximate surface area is 120 Å². The van der Waals surface area contributed by atoms with Gasteiger partial charge in [-0.25, -0.2) is 0 Å². The second-order valence-electron chi connectivity index (χ2n) is 5.17. The number of hydrogen-bond acceptors (Lipinski definition) is 2. The lowest BCUT2D eigenvalue weighted by molar-refractivity contribution is -0.137. The average molecular weight is 293 g/mol. The number of phenolic OH excluding ortho intramolecular Hbond substituents is 1. The van der Waals surface area contributed by atoms with Gasteiger partial charge in [0.15, 0.2) is 0 Å². The number of phenols is 1. The fourth-order valence-corrected chi connectivity index (χ4v) is 2.64. The molecular formula is C16H14F3NO. The third-order valence-electron chi connectivity index (χ3n) is 3.74. The van der Waals surface area contributed by atoms with Gasteiger partial charge in [0.25, 0.3) is 0 Å². The predicted molar refractivity (Wildman–Crippen MR) is 74.3 cm³/mol. The summed E-state index contributed by atoms with van der Waals surface area (Å²) in [7, 11) is 0. The molecule has 2 aromatic carbocycles. The van der Waals surface area contributed by atoms with E-state index in [0.29, 0.717) is 25.2 Å². The van der Waals surface area contributed by atoms with Crippen molar-refractivity contribution in [3.05, 3.63) is 59.2 Å². The minimum atomic E-state index is -4.32. The molecule has 0 bridgehead atoms. The van der Waals surface area contributed by atoms with Crippen molar-refractivity contribution in [2.45, 2.75) is 19.1 Å². The molecule has 1 N–H and O–H groups in total. The molecule has 0 saturated heterocycles. The minimum absolute atomic E-state index is 0.223. The van der Waals surface area contributed by atoms with Crippen LogP contribution in [0.25, 0.3) is 0 Å². The smallest absolute Gasteiger partial charge is 0.416 e. The number of hydrogen-bond donors (Lipinski definition) is 1. The van der Waals surface area contributed by atoms with Gasteiger partial charge >= 0.3 is 6.18 Å². The molecule has 0 atom stereocenters. The van der Waals surface area contributed by atoms with Crippen LogP contribution in [-0.2, 0) is 19.1 Å². The molecule has 3 rings (SSSR count). The molecule has 5 heteroatoms. The first kappa shape index (κ1) is 13.8. The molecule has 2 aromatic rings. The summed E-state index contributed by atoms with van der Waals surface area (Å²) < 4.78 is 38.3. The summed E-state index contributed by atoms with van der Waals surface area (Å²) in [5.74, 6) is 0.223. The van der Waals surface area contributed by atoms with Gasteiger partial charge in [0.2, 0.25) is 0 Å². The Morgan fingerprint density at radius 2 is 1.81 bits per heavy atom. The molecule has 21 heavy (non-hydrogen) atoms. The monoisotopic (exact) mass is 293 g/mol. The molecule has 1 aliphatic rings. The van der Waals surface area contributed by atoms with Crippen LogP contribution < -0.4 is 4.90 Å². The Balaban J connectivity index is 1.88. The average Bonchev–Trinajstić information content (AvgIpc) is 2.46. The van der Waals surface area contributed by atoms with Gasteiger partial charge in [-0.1, -0.05) is 12.1 Å². The summed E-state index contributed by atoms with van der Waals surface area (Å²) in [5.41, 5.74) is 2.04. The van der Waals surface area contributed by atoms with Gasteiger partial charge in [-0.3, -0.25) is 0 Å². The standard InChI is InChI=1S/C16H14F3NO/c17-16(18,19)13-2-1-3-14(9-13)20-7-6-11-8-15(21)5-4-12(11)10-20/h1-5,8-9,21H,6-7,10H2. The molecule has 0 amide bonds. The van der Waals surface area contributed by atoms with Crippen LogP contribution in [0.15, 0.2) is 42.5 Å². The van der Waals surface area contributed by atoms with Gasteiger partial charge in [-0.2, -0.15) is 13.2 Å². The highest BCUT2D eigenvalue weighted by atomic mass is 19.4. The molecule has 0 fully saturated rings. The first-order chi connectivity index (χ1) is 9.93. The van der Waals surface area contributed by atoms with Crippen molar-refractivity contribution in [2.24, 2.45) is 0 Å². The Morgan fingerprint density at radius 3 is 2.57 bits per heavy atom. The maximum Gasteiger partial charge on any atom is 0.416 e. The van der Waals surface area contributed by atoms with Crippen LogP contribution >= 0.6 is 0 Å². The van der Waals surface area contributed by atoms with Crippen molar-refractivity contribution in [1.82, 2.24) is 0 Å². The van der Waals surface area contributed by atoms with Crippen molar-refractivity contribution >= 4 is 5.69 Å². The van der Waals surface area contributed by atoms with Crippen molar-refractivity contribution in [1.29, 1.82) is 0 Å². The summed E-state index contributed by atoms with van der Waals surface area (Å²) in [6.45, 7) is 1.19. The Morgan fingerprint density at radius 1 is 1.00 bits per heavy atom. The summed E-state index contributed by atoms with van der Waals surface area (Å²) in [6, 6.07) is 10.5. The van der Waals surface area contributed by atoms with Gasteiger partial charge in [-0.05, 0) is 47.9 Å². The third kappa shape index (κ3) is 2.82. The molecule has 110 valence electrons. The molecule has 0 aliphatic carbocycles. The van der Waals surface area contributed by atoms with Crippen molar-refractivity contribution in [3.8, 4) is 5.75 Å². The molecule has 0 spiro atoms. The number of alkyl halides is 3. The summed E-state index contributed by atoms with van der Waals surface area (Å²) in [6.07, 6.45) is -3.62. The van der Waals surface area contributed by atoms with Crippen molar-refractivity contribution < 1.29 is 18.3 Å². The molecule has 0 unspecified atom stereocenters. The van der Waals surface area contributed by atoms with E-state index in [4.69, 9.17) is 0 Å². The highest BCUT2D eigenvalue weighted by molar-refractivity contribution is 5.52. The predicted octanol–water partition coefficient (Wildman–Crippen LogP) is 3.97. The second-order valence-corrected chi connectivity index (χ2v) is 5.17. The van der Waals surface area contributed by atoms with E-state index in [0.717, 1.165) is 17.2 Å². The van der Waals surface area contributed by atoms with E-state index in [1.807, 2.05) is 11.0 Å². The van der Waals surface area contributed by atoms with Crippen LogP contribution in [0.5, 0.6) is 5.75 Å². The van der Waals surface area contributed by atoms with Gasteiger partial charge < -0.3 is 10.0 Å². The maximum atomic E-state index is 12.8. The zero-order valence-electron chi connectivity index (χ0n) is 11.2. The van der Waals surface area contributed by atoms with Crippen LogP contribution in [0.2, 0.25) is 0 Å². The van der Waals surface area contributed by atoms with Crippen LogP contribution in [-0.4, -0.2) is 11.7 Å². The van der Waals surface area contributed by atoms with Crippen LogP contribution in [0.1, 0.15) is 16.7 Å². The Bertz CT molecular complexity index is 667. The van der Waals surface area contributed by atoms with Gasteiger partial charge in [0.1, 0.15) is 5.75 Å². The second kappa shape index (κ2) is 4.98. The van der Waals surface area contributed by atoms with Crippen molar-refractivity contribution in [3.63, 3.8) is 0 Å². The first-order valence-electron chi connectivity index (χ1n) is 6.66.